The molecule has 1 saturated heterocycles. The lowest BCUT2D eigenvalue weighted by atomic mass is 9.99. The van der Waals surface area contributed by atoms with Gasteiger partial charge in [-0.2, -0.15) is 5.10 Å². The van der Waals surface area contributed by atoms with Gasteiger partial charge in [0.05, 0.1) is 24.4 Å². The summed E-state index contributed by atoms with van der Waals surface area (Å²) in [4.78, 5) is 22.5. The van der Waals surface area contributed by atoms with Gasteiger partial charge in [-0.25, -0.2) is 4.39 Å². The number of halogens is 1. The van der Waals surface area contributed by atoms with Crippen LogP contribution in [-0.2, 0) is 0 Å². The lowest BCUT2D eigenvalue weighted by molar-refractivity contribution is 0.0714. The minimum Gasteiger partial charge on any atom is -0.493 e. The summed E-state index contributed by atoms with van der Waals surface area (Å²) < 4.78 is 19.8. The largest absolute Gasteiger partial charge is 0.493 e. The van der Waals surface area contributed by atoms with E-state index in [1.165, 1.54) is 25.0 Å². The molecule has 37 heavy (non-hydrogen) atoms. The van der Waals surface area contributed by atoms with Crippen LogP contribution in [0.3, 0.4) is 0 Å². The van der Waals surface area contributed by atoms with Crippen molar-refractivity contribution in [2.75, 3.05) is 33.3 Å². The maximum absolute atomic E-state index is 13.9. The lowest BCUT2D eigenvalue weighted by Crippen LogP contribution is -2.34. The van der Waals surface area contributed by atoms with Crippen LogP contribution in [0.15, 0.2) is 61.1 Å². The van der Waals surface area contributed by atoms with Crippen LogP contribution in [0, 0.1) is 5.82 Å². The van der Waals surface area contributed by atoms with Gasteiger partial charge in [0, 0.05) is 48.1 Å². The van der Waals surface area contributed by atoms with Gasteiger partial charge in [0.25, 0.3) is 5.91 Å². The van der Waals surface area contributed by atoms with Crippen molar-refractivity contribution in [3.63, 3.8) is 0 Å². The molecule has 5 rings (SSSR count). The molecule has 2 aromatic carbocycles. The van der Waals surface area contributed by atoms with Gasteiger partial charge >= 0.3 is 0 Å². The van der Waals surface area contributed by atoms with E-state index < -0.39 is 0 Å². The molecule has 0 unspecified atom stereocenters. The number of aromatic nitrogens is 3. The molecule has 3 heterocycles. The van der Waals surface area contributed by atoms with Gasteiger partial charge < -0.3 is 14.5 Å². The number of aromatic amines is 1. The normalized spacial score (nSPS) is 14.7. The molecule has 8 heteroatoms. The Hall–Kier alpha value is -3.78. The van der Waals surface area contributed by atoms with Gasteiger partial charge in [0.2, 0.25) is 0 Å². The van der Waals surface area contributed by atoms with Crippen LogP contribution >= 0.6 is 0 Å². The minimum atomic E-state index is -0.317. The molecule has 0 bridgehead atoms. The lowest BCUT2D eigenvalue weighted by Gasteiger charge is -2.30. The number of carbonyl (C=O) groups excluding carboxylic acids is 1. The molecule has 2 aromatic heterocycles. The Kier molecular flexibility index (Phi) is 7.46. The van der Waals surface area contributed by atoms with Crippen molar-refractivity contribution in [2.45, 2.75) is 32.2 Å². The van der Waals surface area contributed by atoms with Crippen molar-refractivity contribution >= 4 is 16.8 Å². The van der Waals surface area contributed by atoms with Crippen molar-refractivity contribution in [3.8, 4) is 16.9 Å². The highest BCUT2D eigenvalue weighted by atomic mass is 19.1. The monoisotopic (exact) mass is 501 g/mol. The van der Waals surface area contributed by atoms with Gasteiger partial charge in [0.15, 0.2) is 0 Å². The van der Waals surface area contributed by atoms with Crippen LogP contribution in [0.4, 0.5) is 4.39 Å². The topological polar surface area (TPSA) is 74.3 Å². The summed E-state index contributed by atoms with van der Waals surface area (Å²) >= 11 is 0. The van der Waals surface area contributed by atoms with Crippen LogP contribution in [0.5, 0.6) is 5.75 Å². The van der Waals surface area contributed by atoms with E-state index in [2.05, 4.69) is 20.1 Å². The van der Waals surface area contributed by atoms with Crippen molar-refractivity contribution < 1.29 is 13.9 Å². The van der Waals surface area contributed by atoms with Crippen molar-refractivity contribution in [1.82, 2.24) is 25.0 Å². The maximum Gasteiger partial charge on any atom is 0.254 e. The van der Waals surface area contributed by atoms with Crippen molar-refractivity contribution in [1.29, 1.82) is 0 Å². The van der Waals surface area contributed by atoms with E-state index >= 15 is 0 Å². The molecule has 192 valence electrons. The Labute approximate surface area is 216 Å². The quantitative estimate of drug-likeness (QED) is 0.330. The number of likely N-dealkylation sites (tertiary alicyclic amines) is 1. The molecule has 1 aliphatic heterocycles. The minimum absolute atomic E-state index is 0.116. The molecule has 1 amide bonds. The predicted octanol–water partition coefficient (Wildman–Crippen LogP) is 5.46. The number of rotatable bonds is 9. The van der Waals surface area contributed by atoms with E-state index in [1.807, 2.05) is 32.3 Å². The highest BCUT2D eigenvalue weighted by molar-refractivity contribution is 5.96. The van der Waals surface area contributed by atoms with Crippen LogP contribution in [0.25, 0.3) is 22.0 Å². The summed E-state index contributed by atoms with van der Waals surface area (Å²) in [7, 11) is 1.84. The number of benzene rings is 2. The number of fused-ring (bicyclic) bond motifs is 1. The van der Waals surface area contributed by atoms with Crippen LogP contribution in [0.2, 0.25) is 0 Å². The second kappa shape index (κ2) is 11.1. The first-order valence-electron chi connectivity index (χ1n) is 12.8. The zero-order valence-corrected chi connectivity index (χ0v) is 21.3. The zero-order valence-electron chi connectivity index (χ0n) is 21.3. The number of amides is 1. The first-order chi connectivity index (χ1) is 18.0. The molecule has 1 atom stereocenters. The predicted molar refractivity (Wildman–Crippen MR) is 142 cm³/mol. The fourth-order valence-electron chi connectivity index (χ4n) is 5.18. The van der Waals surface area contributed by atoms with Gasteiger partial charge in [-0.05, 0) is 75.2 Å². The molecule has 0 saturated carbocycles. The average molecular weight is 502 g/mol. The van der Waals surface area contributed by atoms with E-state index in [0.717, 1.165) is 48.1 Å². The molecule has 1 N–H and O–H groups in total. The smallest absolute Gasteiger partial charge is 0.254 e. The third-order valence-electron chi connectivity index (χ3n) is 7.11. The summed E-state index contributed by atoms with van der Waals surface area (Å²) in [5, 5.41) is 8.21. The van der Waals surface area contributed by atoms with Gasteiger partial charge in [-0.15, -0.1) is 0 Å². The summed E-state index contributed by atoms with van der Waals surface area (Å²) in [6.07, 6.45) is 8.58. The van der Waals surface area contributed by atoms with Crippen LogP contribution in [0.1, 0.15) is 48.1 Å². The maximum atomic E-state index is 13.9. The zero-order chi connectivity index (χ0) is 25.8. The molecule has 1 fully saturated rings. The third-order valence-corrected chi connectivity index (χ3v) is 7.11. The van der Waals surface area contributed by atoms with E-state index in [1.54, 1.807) is 35.5 Å². The number of nitrogens with one attached hydrogen (secondary N) is 1. The Morgan fingerprint density at radius 1 is 1.16 bits per heavy atom. The molecule has 1 aliphatic rings. The van der Waals surface area contributed by atoms with E-state index in [0.29, 0.717) is 23.5 Å². The van der Waals surface area contributed by atoms with Gasteiger partial charge in [-0.3, -0.25) is 14.9 Å². The number of hydrogen-bond acceptors (Lipinski definition) is 5. The van der Waals surface area contributed by atoms with E-state index in [-0.39, 0.29) is 17.8 Å². The highest BCUT2D eigenvalue weighted by Gasteiger charge is 2.27. The number of carbonyl (C=O) groups is 1. The van der Waals surface area contributed by atoms with E-state index in [9.17, 15) is 9.18 Å². The molecule has 0 radical (unpaired) electrons. The molecular formula is C29H32FN5O2. The second-order valence-corrected chi connectivity index (χ2v) is 9.49. The van der Waals surface area contributed by atoms with Crippen LogP contribution in [-0.4, -0.2) is 64.2 Å². The number of pyridine rings is 1. The summed E-state index contributed by atoms with van der Waals surface area (Å²) in [6, 6.07) is 11.6. The van der Waals surface area contributed by atoms with Gasteiger partial charge in [0.1, 0.15) is 11.6 Å². The number of nitrogens with zero attached hydrogens (tertiary/aromatic N) is 4. The summed E-state index contributed by atoms with van der Waals surface area (Å²) in [5.74, 6) is 0.121. The standard InChI is InChI=1S/C29H32FN5O2/c1-3-37-27-16-21(9-10-24(27)20-7-6-8-23(30)15-20)29(36)34(2)26(11-14-35-12-4-5-13-35)25-19-31-17-22-18-32-33-28(22)25/h6-10,15-19,26H,3-5,11-14H2,1-2H3,(H,32,33)/t26-/m1/s1. The molecular weight excluding hydrogens is 469 g/mol. The average Bonchev–Trinajstić information content (AvgIpc) is 3.61. The fourth-order valence-corrected chi connectivity index (χ4v) is 5.18. The molecule has 0 aliphatic carbocycles. The molecule has 0 spiro atoms. The summed E-state index contributed by atoms with van der Waals surface area (Å²) in [6.45, 7) is 5.41. The molecule has 4 aromatic rings. The first-order valence-corrected chi connectivity index (χ1v) is 12.8. The number of ether oxygens (including phenoxy) is 1. The van der Waals surface area contributed by atoms with Crippen molar-refractivity contribution in [2.24, 2.45) is 0 Å². The van der Waals surface area contributed by atoms with Crippen molar-refractivity contribution in [3.05, 3.63) is 78.0 Å². The van der Waals surface area contributed by atoms with Gasteiger partial charge in [-0.1, -0.05) is 12.1 Å². The Morgan fingerprint density at radius 2 is 2.00 bits per heavy atom. The highest BCUT2D eigenvalue weighted by Crippen LogP contribution is 2.34. The van der Waals surface area contributed by atoms with E-state index in [4.69, 9.17) is 4.74 Å². The fraction of sp³-hybridized carbons (Fsp3) is 0.345. The Balaban J connectivity index is 1.47. The Morgan fingerprint density at radius 3 is 2.78 bits per heavy atom. The first kappa shape index (κ1) is 24.9. The third kappa shape index (κ3) is 5.34. The second-order valence-electron chi connectivity index (χ2n) is 9.49. The van der Waals surface area contributed by atoms with Crippen LogP contribution < -0.4 is 4.74 Å². The summed E-state index contributed by atoms with van der Waals surface area (Å²) in [5.41, 5.74) is 3.82. The molecule has 7 nitrogen and oxygen atoms in total. The number of hydrogen-bond donors (Lipinski definition) is 1. The Bertz CT molecular complexity index is 1380. The number of H-pyrrole nitrogens is 1. The SMILES string of the molecule is CCOc1cc(C(=O)N(C)[C@H](CCN2CCCC2)c2cncc3cn[nH]c23)ccc1-c1cccc(F)c1.